The molecule has 2 aliphatic heterocycles. The molecule has 4 rings (SSSR count). The number of hydrogen-bond donors (Lipinski definition) is 2. The van der Waals surface area contributed by atoms with Crippen LogP contribution in [0.1, 0.15) is 41.4 Å². The van der Waals surface area contributed by atoms with Crippen LogP contribution >= 0.6 is 0 Å². The Morgan fingerprint density at radius 3 is 2.90 bits per heavy atom. The van der Waals surface area contributed by atoms with E-state index in [0.29, 0.717) is 24.6 Å². The second kappa shape index (κ2) is 7.90. The molecule has 0 saturated carbocycles. The number of aromatic nitrogens is 4. The van der Waals surface area contributed by atoms with Gasteiger partial charge in [0.2, 0.25) is 5.91 Å². The molecule has 154 valence electrons. The zero-order valence-corrected chi connectivity index (χ0v) is 16.9. The van der Waals surface area contributed by atoms with E-state index in [1.807, 2.05) is 24.9 Å². The first kappa shape index (κ1) is 19.5. The van der Waals surface area contributed by atoms with Gasteiger partial charge in [-0.15, -0.1) is 0 Å². The molecule has 2 N–H and O–H groups in total. The predicted octanol–water partition coefficient (Wildman–Crippen LogP) is 0.751. The quantitative estimate of drug-likeness (QED) is 0.788. The lowest BCUT2D eigenvalue weighted by molar-refractivity contribution is -0.142. The average Bonchev–Trinajstić information content (AvgIpc) is 3.16. The van der Waals surface area contributed by atoms with E-state index in [1.54, 1.807) is 18.3 Å². The van der Waals surface area contributed by atoms with Crippen LogP contribution in [0.5, 0.6) is 0 Å². The maximum Gasteiger partial charge on any atom is 0.272 e. The Bertz CT molecular complexity index is 884. The topological polar surface area (TPSA) is 107 Å². The van der Waals surface area contributed by atoms with Crippen LogP contribution in [-0.4, -0.2) is 74.5 Å². The normalized spacial score (nSPS) is 24.8. The number of nitrogens with one attached hydrogen (secondary N) is 2. The molecular formula is C20H27N7O2. The molecule has 2 fully saturated rings. The fourth-order valence-electron chi connectivity index (χ4n) is 4.59. The third kappa shape index (κ3) is 3.74. The first-order valence-corrected chi connectivity index (χ1v) is 10.1. The molecule has 0 spiro atoms. The van der Waals surface area contributed by atoms with Gasteiger partial charge >= 0.3 is 0 Å². The number of fused-ring (bicyclic) bond motifs is 1. The SMILES string of the molecule is Cc1nc(CNC(=O)[C@@]23CCCN(C(=O)c4ccccn4)[C@@H]2CN(C)CC3)n[nH]1. The molecule has 0 radical (unpaired) electrons. The van der Waals surface area contributed by atoms with Crippen LogP contribution in [0.2, 0.25) is 0 Å². The minimum atomic E-state index is -0.597. The van der Waals surface area contributed by atoms with Gasteiger partial charge in [0.1, 0.15) is 11.5 Å². The monoisotopic (exact) mass is 397 g/mol. The lowest BCUT2D eigenvalue weighted by Crippen LogP contribution is -2.66. The first-order chi connectivity index (χ1) is 14.0. The molecule has 2 saturated heterocycles. The number of likely N-dealkylation sites (N-methyl/N-ethyl adjacent to an activating group) is 1. The molecule has 0 bridgehead atoms. The summed E-state index contributed by atoms with van der Waals surface area (Å²) in [6.07, 6.45) is 3.92. The van der Waals surface area contributed by atoms with Crippen LogP contribution in [0.15, 0.2) is 24.4 Å². The molecule has 0 unspecified atom stereocenters. The largest absolute Gasteiger partial charge is 0.348 e. The molecule has 29 heavy (non-hydrogen) atoms. The van der Waals surface area contributed by atoms with Crippen LogP contribution < -0.4 is 5.32 Å². The minimum Gasteiger partial charge on any atom is -0.348 e. The Balaban J connectivity index is 1.57. The number of nitrogens with zero attached hydrogens (tertiary/aromatic N) is 5. The molecule has 2 atom stereocenters. The first-order valence-electron chi connectivity index (χ1n) is 10.1. The molecule has 0 aromatic carbocycles. The second-order valence-corrected chi connectivity index (χ2v) is 8.02. The van der Waals surface area contributed by atoms with Crippen molar-refractivity contribution in [2.45, 2.75) is 38.8 Å². The van der Waals surface area contributed by atoms with Gasteiger partial charge in [0.05, 0.1) is 18.0 Å². The number of H-pyrrole nitrogens is 1. The van der Waals surface area contributed by atoms with Crippen molar-refractivity contribution in [2.75, 3.05) is 26.7 Å². The molecule has 4 heterocycles. The van der Waals surface area contributed by atoms with E-state index in [0.717, 1.165) is 31.6 Å². The minimum absolute atomic E-state index is 0.0171. The predicted molar refractivity (Wildman–Crippen MR) is 106 cm³/mol. The van der Waals surface area contributed by atoms with E-state index < -0.39 is 5.41 Å². The third-order valence-corrected chi connectivity index (χ3v) is 6.11. The van der Waals surface area contributed by atoms with Gasteiger partial charge in [-0.2, -0.15) is 5.10 Å². The zero-order chi connectivity index (χ0) is 20.4. The van der Waals surface area contributed by atoms with E-state index in [1.165, 1.54) is 0 Å². The summed E-state index contributed by atoms with van der Waals surface area (Å²) in [5, 5.41) is 9.92. The van der Waals surface area contributed by atoms with Gasteiger partial charge < -0.3 is 15.1 Å². The Morgan fingerprint density at radius 2 is 2.17 bits per heavy atom. The number of aryl methyl sites for hydroxylation is 1. The Kier molecular flexibility index (Phi) is 5.31. The smallest absolute Gasteiger partial charge is 0.272 e. The lowest BCUT2D eigenvalue weighted by atomic mass is 9.67. The highest BCUT2D eigenvalue weighted by atomic mass is 16.2. The highest BCUT2D eigenvalue weighted by molar-refractivity contribution is 5.94. The third-order valence-electron chi connectivity index (χ3n) is 6.11. The molecular weight excluding hydrogens is 370 g/mol. The van der Waals surface area contributed by atoms with E-state index in [-0.39, 0.29) is 24.4 Å². The number of hydrogen-bond acceptors (Lipinski definition) is 6. The van der Waals surface area contributed by atoms with Gasteiger partial charge in [0.25, 0.3) is 5.91 Å². The van der Waals surface area contributed by atoms with Crippen molar-refractivity contribution in [2.24, 2.45) is 5.41 Å². The zero-order valence-electron chi connectivity index (χ0n) is 16.9. The lowest BCUT2D eigenvalue weighted by Gasteiger charge is -2.53. The van der Waals surface area contributed by atoms with E-state index in [9.17, 15) is 9.59 Å². The number of carbonyl (C=O) groups is 2. The number of rotatable bonds is 4. The van der Waals surface area contributed by atoms with Gasteiger partial charge in [-0.1, -0.05) is 6.07 Å². The van der Waals surface area contributed by atoms with E-state index in [4.69, 9.17) is 0 Å². The molecule has 2 aromatic rings. The summed E-state index contributed by atoms with van der Waals surface area (Å²) >= 11 is 0. The Morgan fingerprint density at radius 1 is 1.31 bits per heavy atom. The number of aromatic amines is 1. The van der Waals surface area contributed by atoms with Crippen LogP contribution in [-0.2, 0) is 11.3 Å². The van der Waals surface area contributed by atoms with Gasteiger partial charge in [0, 0.05) is 19.3 Å². The number of amides is 2. The second-order valence-electron chi connectivity index (χ2n) is 8.02. The number of pyridine rings is 1. The van der Waals surface area contributed by atoms with Crippen molar-refractivity contribution in [3.63, 3.8) is 0 Å². The van der Waals surface area contributed by atoms with Crippen molar-refractivity contribution < 1.29 is 9.59 Å². The fraction of sp³-hybridized carbons (Fsp3) is 0.550. The summed E-state index contributed by atoms with van der Waals surface area (Å²) in [4.78, 5) is 39.1. The maximum atomic E-state index is 13.4. The Labute approximate surface area is 169 Å². The summed E-state index contributed by atoms with van der Waals surface area (Å²) in [6.45, 7) is 4.25. The van der Waals surface area contributed by atoms with Crippen molar-refractivity contribution in [3.8, 4) is 0 Å². The van der Waals surface area contributed by atoms with Crippen molar-refractivity contribution in [3.05, 3.63) is 41.7 Å². The summed E-state index contributed by atoms with van der Waals surface area (Å²) in [5.41, 5.74) is -0.172. The molecule has 2 amide bonds. The van der Waals surface area contributed by atoms with Crippen molar-refractivity contribution in [1.82, 2.24) is 35.3 Å². The molecule has 2 aromatic heterocycles. The number of piperidine rings is 2. The summed E-state index contributed by atoms with van der Waals surface area (Å²) in [7, 11) is 2.04. The van der Waals surface area contributed by atoms with Gasteiger partial charge in [-0.3, -0.25) is 19.7 Å². The Hall–Kier alpha value is -2.81. The van der Waals surface area contributed by atoms with Gasteiger partial charge in [0.15, 0.2) is 5.82 Å². The maximum absolute atomic E-state index is 13.4. The standard InChI is InChI=1S/C20H27N7O2/c1-14-23-17(25-24-14)12-22-19(29)20-7-5-10-27(16(20)13-26(2)11-8-20)18(28)15-6-3-4-9-21-15/h3-4,6,9,16H,5,7-8,10-13H2,1-2H3,(H,22,29)(H,23,24,25)/t16-,20-/m1/s1. The van der Waals surface area contributed by atoms with Crippen LogP contribution in [0.25, 0.3) is 0 Å². The van der Waals surface area contributed by atoms with Crippen LogP contribution in [0.4, 0.5) is 0 Å². The van der Waals surface area contributed by atoms with Crippen LogP contribution in [0.3, 0.4) is 0 Å². The summed E-state index contributed by atoms with van der Waals surface area (Å²) in [5.74, 6) is 1.16. The molecule has 9 nitrogen and oxygen atoms in total. The molecule has 0 aliphatic carbocycles. The highest BCUT2D eigenvalue weighted by Crippen LogP contribution is 2.43. The summed E-state index contributed by atoms with van der Waals surface area (Å²) in [6, 6.07) is 5.16. The van der Waals surface area contributed by atoms with Crippen LogP contribution in [0, 0.1) is 12.3 Å². The highest BCUT2D eigenvalue weighted by Gasteiger charge is 2.53. The van der Waals surface area contributed by atoms with E-state index in [2.05, 4.69) is 30.4 Å². The number of likely N-dealkylation sites (tertiary alicyclic amines) is 2. The van der Waals surface area contributed by atoms with Crippen molar-refractivity contribution >= 4 is 11.8 Å². The summed E-state index contributed by atoms with van der Waals surface area (Å²) < 4.78 is 0. The molecule has 9 heteroatoms. The fourth-order valence-corrected chi connectivity index (χ4v) is 4.59. The van der Waals surface area contributed by atoms with Gasteiger partial charge in [-0.25, -0.2) is 4.98 Å². The van der Waals surface area contributed by atoms with Gasteiger partial charge in [-0.05, 0) is 51.9 Å². The molecule has 2 aliphatic rings. The van der Waals surface area contributed by atoms with E-state index >= 15 is 0 Å². The van der Waals surface area contributed by atoms with Crippen molar-refractivity contribution in [1.29, 1.82) is 0 Å². The number of carbonyl (C=O) groups excluding carboxylic acids is 2. The average molecular weight is 397 g/mol.